The monoisotopic (exact) mass is 604 g/mol. The van der Waals surface area contributed by atoms with Crippen molar-refractivity contribution in [2.24, 2.45) is 10.1 Å². The molecular weight excluding hydrogens is 572 g/mol. The number of aryl methyl sites for hydroxylation is 2. The number of fused-ring (bicyclic) bond motifs is 1. The third kappa shape index (κ3) is 6.24. The van der Waals surface area contributed by atoms with E-state index >= 15 is 0 Å². The standard InChI is InChI=1S/C31H33ClN6O3S/c1-6-7-24(15-27(39)34-25-12-13-26-22(14-25)16-41-30(26)37-40-5)35-29(21-8-10-23(32)11-9-21)28-18(2)19(3)42-31(28)38-17-33-36-20(38)4/h8-14,17,24H,6-7,15-16H2,1-5H3,(H,34,39)/b35-29?,37-30+/t24-/m1/s1. The lowest BCUT2D eigenvalue weighted by Crippen LogP contribution is -2.21. The number of hydrogen-bond donors (Lipinski definition) is 1. The number of halogens is 1. The average Bonchev–Trinajstić information content (AvgIpc) is 3.65. The number of benzene rings is 2. The van der Waals surface area contributed by atoms with Crippen LogP contribution in [0.4, 0.5) is 5.69 Å². The number of aliphatic imine (C=N–C) groups is 1. The summed E-state index contributed by atoms with van der Waals surface area (Å²) in [6.45, 7) is 8.63. The summed E-state index contributed by atoms with van der Waals surface area (Å²) in [6, 6.07) is 13.1. The number of carbonyl (C=O) groups excluding carboxylic acids is 1. The highest BCUT2D eigenvalue weighted by Gasteiger charge is 2.25. The fourth-order valence-electron chi connectivity index (χ4n) is 4.98. The zero-order valence-corrected chi connectivity index (χ0v) is 25.8. The van der Waals surface area contributed by atoms with E-state index in [1.165, 1.54) is 12.0 Å². The third-order valence-electron chi connectivity index (χ3n) is 7.17. The molecule has 0 spiro atoms. The molecule has 42 heavy (non-hydrogen) atoms. The van der Waals surface area contributed by atoms with Crippen molar-refractivity contribution >= 4 is 46.1 Å². The Hall–Kier alpha value is -4.02. The highest BCUT2D eigenvalue weighted by molar-refractivity contribution is 7.15. The highest BCUT2D eigenvalue weighted by Crippen LogP contribution is 2.34. The largest absolute Gasteiger partial charge is 0.470 e. The summed E-state index contributed by atoms with van der Waals surface area (Å²) >= 11 is 7.94. The molecule has 1 aliphatic rings. The number of oxime groups is 1. The molecule has 0 radical (unpaired) electrons. The van der Waals surface area contributed by atoms with Crippen molar-refractivity contribution in [3.05, 3.63) is 92.3 Å². The smallest absolute Gasteiger partial charge is 0.258 e. The van der Waals surface area contributed by atoms with E-state index < -0.39 is 0 Å². The van der Waals surface area contributed by atoms with E-state index in [1.54, 1.807) is 17.7 Å². The maximum absolute atomic E-state index is 13.3. The molecule has 0 bridgehead atoms. The highest BCUT2D eigenvalue weighted by atomic mass is 35.5. The van der Waals surface area contributed by atoms with Crippen molar-refractivity contribution in [3.63, 3.8) is 0 Å². The van der Waals surface area contributed by atoms with E-state index in [1.807, 2.05) is 54.0 Å². The molecule has 0 fully saturated rings. The normalized spacial score (nSPS) is 14.5. The molecule has 2 aromatic heterocycles. The molecule has 1 atom stereocenters. The van der Waals surface area contributed by atoms with Gasteiger partial charge in [0.25, 0.3) is 5.90 Å². The van der Waals surface area contributed by atoms with Crippen molar-refractivity contribution < 1.29 is 14.4 Å². The van der Waals surface area contributed by atoms with Crippen LogP contribution in [0.3, 0.4) is 0 Å². The van der Waals surface area contributed by atoms with Gasteiger partial charge in [-0.15, -0.1) is 21.5 Å². The molecule has 0 unspecified atom stereocenters. The van der Waals surface area contributed by atoms with Crippen LogP contribution in [0.25, 0.3) is 5.00 Å². The molecule has 0 saturated heterocycles. The lowest BCUT2D eigenvalue weighted by molar-refractivity contribution is -0.116. The first kappa shape index (κ1) is 29.5. The quantitative estimate of drug-likeness (QED) is 0.159. The minimum absolute atomic E-state index is 0.106. The Morgan fingerprint density at radius 3 is 2.69 bits per heavy atom. The van der Waals surface area contributed by atoms with Crippen molar-refractivity contribution in [2.45, 2.75) is 59.6 Å². The zero-order chi connectivity index (χ0) is 29.8. The van der Waals surface area contributed by atoms with Crippen LogP contribution in [-0.4, -0.2) is 45.4 Å². The number of nitrogens with zero attached hydrogens (tertiary/aromatic N) is 5. The van der Waals surface area contributed by atoms with E-state index in [0.29, 0.717) is 23.2 Å². The fourth-order valence-corrected chi connectivity index (χ4v) is 6.28. The number of nitrogens with one attached hydrogen (secondary N) is 1. The van der Waals surface area contributed by atoms with Crippen LogP contribution >= 0.6 is 22.9 Å². The fraction of sp³-hybridized carbons (Fsp3) is 0.323. The van der Waals surface area contributed by atoms with E-state index in [9.17, 15) is 4.79 Å². The van der Waals surface area contributed by atoms with Crippen LogP contribution in [0.5, 0.6) is 0 Å². The van der Waals surface area contributed by atoms with Gasteiger partial charge in [-0.1, -0.05) is 37.1 Å². The Labute approximate surface area is 254 Å². The summed E-state index contributed by atoms with van der Waals surface area (Å²) in [5, 5.41) is 16.9. The Morgan fingerprint density at radius 1 is 1.21 bits per heavy atom. The molecule has 5 rings (SSSR count). The Bertz CT molecular complexity index is 1660. The van der Waals surface area contributed by atoms with Crippen LogP contribution in [0.1, 0.15) is 64.7 Å². The topological polar surface area (TPSA) is 103 Å². The predicted octanol–water partition coefficient (Wildman–Crippen LogP) is 6.78. The second-order valence-corrected chi connectivity index (χ2v) is 11.8. The first-order valence-corrected chi connectivity index (χ1v) is 15.0. The summed E-state index contributed by atoms with van der Waals surface area (Å²) in [7, 11) is 1.48. The van der Waals surface area contributed by atoms with Crippen molar-refractivity contribution in [2.75, 3.05) is 12.4 Å². The summed E-state index contributed by atoms with van der Waals surface area (Å²) < 4.78 is 7.58. The lowest BCUT2D eigenvalue weighted by atomic mass is 9.98. The van der Waals surface area contributed by atoms with Gasteiger partial charge in [-0.05, 0) is 68.2 Å². The molecule has 9 nitrogen and oxygen atoms in total. The van der Waals surface area contributed by atoms with Crippen molar-refractivity contribution in [1.29, 1.82) is 0 Å². The van der Waals surface area contributed by atoms with Gasteiger partial charge in [-0.2, -0.15) is 0 Å². The minimum atomic E-state index is -0.242. The first-order chi connectivity index (χ1) is 20.3. The van der Waals surface area contributed by atoms with Crippen molar-refractivity contribution in [1.82, 2.24) is 14.8 Å². The minimum Gasteiger partial charge on any atom is -0.470 e. The molecule has 2 aromatic carbocycles. The summed E-state index contributed by atoms with van der Waals surface area (Å²) in [5.74, 6) is 1.13. The van der Waals surface area contributed by atoms with Gasteiger partial charge in [-0.25, -0.2) is 0 Å². The number of hydrogen-bond acceptors (Lipinski definition) is 8. The van der Waals surface area contributed by atoms with E-state index in [0.717, 1.165) is 57.2 Å². The Morgan fingerprint density at radius 2 is 2.00 bits per heavy atom. The number of carbonyl (C=O) groups is 1. The van der Waals surface area contributed by atoms with E-state index in [4.69, 9.17) is 26.2 Å². The predicted molar refractivity (Wildman–Crippen MR) is 167 cm³/mol. The van der Waals surface area contributed by atoms with Gasteiger partial charge >= 0.3 is 0 Å². The van der Waals surface area contributed by atoms with Gasteiger partial charge in [0.15, 0.2) is 0 Å². The molecular formula is C31H33ClN6O3S. The van der Waals surface area contributed by atoms with Gasteiger partial charge in [0.1, 0.15) is 30.9 Å². The Kier molecular flexibility index (Phi) is 9.03. The van der Waals surface area contributed by atoms with Gasteiger partial charge in [-0.3, -0.25) is 14.4 Å². The number of aromatic nitrogens is 3. The molecule has 0 saturated carbocycles. The second-order valence-electron chi connectivity index (χ2n) is 10.1. The maximum atomic E-state index is 13.3. The second kappa shape index (κ2) is 12.9. The third-order valence-corrected chi connectivity index (χ3v) is 8.63. The summed E-state index contributed by atoms with van der Waals surface area (Å²) in [6.07, 6.45) is 3.60. The van der Waals surface area contributed by atoms with Gasteiger partial charge in [0, 0.05) is 44.3 Å². The van der Waals surface area contributed by atoms with E-state index in [-0.39, 0.29) is 18.4 Å². The summed E-state index contributed by atoms with van der Waals surface area (Å²) in [5.41, 5.74) is 6.40. The van der Waals surface area contributed by atoms with E-state index in [2.05, 4.69) is 41.4 Å². The molecule has 1 N–H and O–H groups in total. The SMILES string of the molecule is CCC[C@H](CC(=O)Nc1ccc2c(c1)CO/C2=N/OC)N=C(c1ccc(Cl)cc1)c1c(-n2cnnc2C)sc(C)c1C. The molecule has 11 heteroatoms. The number of amides is 1. The maximum Gasteiger partial charge on any atom is 0.258 e. The van der Waals surface area contributed by atoms with Crippen LogP contribution < -0.4 is 5.32 Å². The first-order valence-electron chi connectivity index (χ1n) is 13.8. The van der Waals surface area contributed by atoms with Crippen molar-refractivity contribution in [3.8, 4) is 5.00 Å². The molecule has 0 aliphatic carbocycles. The molecule has 3 heterocycles. The number of ether oxygens (including phenoxy) is 1. The van der Waals surface area contributed by atoms with Crippen LogP contribution in [-0.2, 0) is 21.0 Å². The number of thiophene rings is 1. The van der Waals surface area contributed by atoms with Gasteiger partial charge in [0.05, 0.1) is 11.8 Å². The summed E-state index contributed by atoms with van der Waals surface area (Å²) in [4.78, 5) is 24.7. The lowest BCUT2D eigenvalue weighted by Gasteiger charge is -2.17. The molecule has 1 aliphatic heterocycles. The molecule has 1 amide bonds. The van der Waals surface area contributed by atoms with Crippen LogP contribution in [0.15, 0.2) is 58.9 Å². The Balaban J connectivity index is 1.49. The number of rotatable bonds is 10. The van der Waals surface area contributed by atoms with Crippen LogP contribution in [0.2, 0.25) is 5.02 Å². The number of anilines is 1. The van der Waals surface area contributed by atoms with Gasteiger partial charge in [0.2, 0.25) is 5.91 Å². The average molecular weight is 605 g/mol. The zero-order valence-electron chi connectivity index (χ0n) is 24.3. The molecule has 4 aromatic rings. The van der Waals surface area contributed by atoms with Gasteiger partial charge < -0.3 is 14.9 Å². The van der Waals surface area contributed by atoms with Crippen LogP contribution in [0, 0.1) is 20.8 Å². The molecule has 218 valence electrons.